The molecule has 1 saturated heterocycles. The Balaban J connectivity index is 1.41. The van der Waals surface area contributed by atoms with Crippen molar-refractivity contribution in [1.29, 1.82) is 0 Å². The van der Waals surface area contributed by atoms with Crippen LogP contribution in [0.1, 0.15) is 151 Å². The highest BCUT2D eigenvalue weighted by Crippen LogP contribution is 2.31. The molecule has 0 radical (unpaired) electrons. The van der Waals surface area contributed by atoms with Crippen LogP contribution in [0, 0.1) is 29.6 Å². The van der Waals surface area contributed by atoms with Gasteiger partial charge in [0.05, 0.1) is 109 Å². The molecule has 3 rings (SSSR count). The van der Waals surface area contributed by atoms with Crippen molar-refractivity contribution in [3.8, 4) is 0 Å². The van der Waals surface area contributed by atoms with Crippen molar-refractivity contribution in [3.63, 3.8) is 0 Å². The molecule has 0 unspecified atom stereocenters. The lowest BCUT2D eigenvalue weighted by Crippen LogP contribution is -2.60. The number of carbonyl (C=O) groups is 11. The minimum atomic E-state index is -1.07. The number of amides is 10. The van der Waals surface area contributed by atoms with Crippen molar-refractivity contribution in [2.75, 3.05) is 113 Å². The van der Waals surface area contributed by atoms with E-state index in [9.17, 15) is 57.8 Å². The van der Waals surface area contributed by atoms with E-state index in [0.717, 1.165) is 18.6 Å². The molecule has 1 fully saturated rings. The average Bonchev–Trinajstić information content (AvgIpc) is 1.80. The lowest BCUT2D eigenvalue weighted by molar-refractivity contribution is -0.148. The highest BCUT2D eigenvalue weighted by atomic mass is 16.6. The van der Waals surface area contributed by atoms with E-state index >= 15 is 0 Å². The first-order chi connectivity index (χ1) is 50.9. The topological polar surface area (TPSA) is 376 Å². The average molecular weight is 1510 g/mol. The van der Waals surface area contributed by atoms with Crippen LogP contribution in [0.25, 0.3) is 0 Å². The molecule has 0 saturated carbocycles. The second-order valence-corrected chi connectivity index (χ2v) is 28.0. The predicted octanol–water partition coefficient (Wildman–Crippen LogP) is 5.14. The Morgan fingerprint density at radius 1 is 0.607 bits per heavy atom. The first kappa shape index (κ1) is 93.1. The summed E-state index contributed by atoms with van der Waals surface area (Å²) in [5, 5.41) is 30.5. The van der Waals surface area contributed by atoms with Crippen LogP contribution in [0.3, 0.4) is 0 Å². The molecule has 2 aromatic carbocycles. The zero-order valence-electron chi connectivity index (χ0n) is 65.9. The Hall–Kier alpha value is -8.13. The first-order valence-corrected chi connectivity index (χ1v) is 37.4. The number of unbranched alkanes of at least 4 members (excludes halogenated alkanes) is 2. The highest BCUT2D eigenvalue weighted by Gasteiger charge is 2.44. The summed E-state index contributed by atoms with van der Waals surface area (Å²) in [5.74, 6) is -6.15. The van der Waals surface area contributed by atoms with Gasteiger partial charge in [0.15, 0.2) is 0 Å². The standard InChI is InChI=1S/C77H124N10O20/c1-17-52(8)69(60(100-14)47-64(91)87-38-24-27-59(87)71(102-16)53(9)72(94)80-54(10)70(93)57-25-20-18-21-26-57)85(12)76(98)67(50(4)5)84-75(97)68(51(6)7)86(13)77(99)107-48-56-29-31-58(32-30-56)82-73(95)55(11)81-74(96)66(49(2)3)83-63(90)35-39-103-41-43-105-45-46-106-44-42-104-40-37-79-61(88)28-22-19-23-36-78-62(89)33-34-65(92)101-15/h18,20-21,25-26,29-34,49-55,59-60,66-71,93H,17,19,22-24,27-28,35-48H2,1-16H3,(H,78,89)(H,79,88)(H,80,94)(H,81,96)(H,82,95)(H,83,90)(H,84,97)/b34-33-/t52-,53+,54+,55-,59-,60+,66-,67-,68-,69-,70+,71+/m0/s1. The third-order valence-electron chi connectivity index (χ3n) is 18.8. The van der Waals surface area contributed by atoms with Gasteiger partial charge in [0.2, 0.25) is 53.2 Å². The molecule has 107 heavy (non-hydrogen) atoms. The summed E-state index contributed by atoms with van der Waals surface area (Å²) in [6.45, 7) is 22.9. The Bertz CT molecular complexity index is 3090. The first-order valence-electron chi connectivity index (χ1n) is 37.4. The number of anilines is 1. The molecule has 1 aliphatic rings. The van der Waals surface area contributed by atoms with E-state index in [1.54, 1.807) is 109 Å². The Labute approximate surface area is 632 Å². The van der Waals surface area contributed by atoms with Crippen LogP contribution in [0.4, 0.5) is 10.5 Å². The largest absolute Gasteiger partial charge is 0.466 e. The molecule has 8 N–H and O–H groups in total. The van der Waals surface area contributed by atoms with E-state index < -0.39 is 126 Å². The van der Waals surface area contributed by atoms with Crippen LogP contribution >= 0.6 is 0 Å². The maximum atomic E-state index is 14.8. The molecule has 0 aliphatic carbocycles. The highest BCUT2D eigenvalue weighted by molar-refractivity contribution is 5.98. The zero-order chi connectivity index (χ0) is 79.7. The number of rotatable bonds is 51. The predicted molar refractivity (Wildman–Crippen MR) is 401 cm³/mol. The summed E-state index contributed by atoms with van der Waals surface area (Å²) >= 11 is 0. The van der Waals surface area contributed by atoms with Crippen LogP contribution in [0.15, 0.2) is 66.7 Å². The number of hydrogen-bond donors (Lipinski definition) is 8. The van der Waals surface area contributed by atoms with E-state index in [0.29, 0.717) is 108 Å². The summed E-state index contributed by atoms with van der Waals surface area (Å²) in [4.78, 5) is 150. The molecular formula is C77H124N10O20. The third-order valence-corrected chi connectivity index (χ3v) is 18.8. The quantitative estimate of drug-likeness (QED) is 0.0241. The van der Waals surface area contributed by atoms with Gasteiger partial charge in [-0.2, -0.15) is 0 Å². The molecule has 602 valence electrons. The minimum Gasteiger partial charge on any atom is -0.466 e. The number of hydrogen-bond acceptors (Lipinski definition) is 20. The molecule has 1 aliphatic heterocycles. The van der Waals surface area contributed by atoms with Gasteiger partial charge in [-0.3, -0.25) is 48.1 Å². The maximum absolute atomic E-state index is 14.8. The number of benzene rings is 2. The van der Waals surface area contributed by atoms with Crippen LogP contribution < -0.4 is 37.2 Å². The number of likely N-dealkylation sites (tertiary alicyclic amines) is 1. The fourth-order valence-electron chi connectivity index (χ4n) is 12.4. The van der Waals surface area contributed by atoms with Crippen molar-refractivity contribution in [2.24, 2.45) is 29.6 Å². The van der Waals surface area contributed by atoms with Gasteiger partial charge in [0, 0.05) is 78.6 Å². The van der Waals surface area contributed by atoms with E-state index in [1.807, 2.05) is 32.0 Å². The van der Waals surface area contributed by atoms with Crippen LogP contribution in [0.5, 0.6) is 0 Å². The molecule has 10 amide bonds. The van der Waals surface area contributed by atoms with Gasteiger partial charge in [0.25, 0.3) is 0 Å². The number of nitrogens with zero attached hydrogens (tertiary/aromatic N) is 3. The smallest absolute Gasteiger partial charge is 0.410 e. The van der Waals surface area contributed by atoms with Gasteiger partial charge in [-0.1, -0.05) is 118 Å². The van der Waals surface area contributed by atoms with Crippen LogP contribution in [-0.2, 0) is 92.4 Å². The summed E-state index contributed by atoms with van der Waals surface area (Å²) in [6, 6.07) is 9.83. The fraction of sp³-hybridized carbons (Fsp3) is 0.675. The van der Waals surface area contributed by atoms with Crippen molar-refractivity contribution in [2.45, 2.75) is 201 Å². The minimum absolute atomic E-state index is 0.0222. The summed E-state index contributed by atoms with van der Waals surface area (Å²) in [7, 11) is 7.33. The summed E-state index contributed by atoms with van der Waals surface area (Å²) < 4.78 is 44.3. The van der Waals surface area contributed by atoms with Gasteiger partial charge >= 0.3 is 12.1 Å². The number of nitrogens with one attached hydrogen (secondary N) is 7. The summed E-state index contributed by atoms with van der Waals surface area (Å²) in [6.07, 6.45) is 3.24. The number of carbonyl (C=O) groups excluding carboxylic acids is 11. The van der Waals surface area contributed by atoms with Crippen molar-refractivity contribution < 1.29 is 95.7 Å². The van der Waals surface area contributed by atoms with Gasteiger partial charge < -0.3 is 90.0 Å². The van der Waals surface area contributed by atoms with E-state index in [1.165, 1.54) is 40.2 Å². The number of aliphatic hydroxyl groups excluding tert-OH is 1. The van der Waals surface area contributed by atoms with Gasteiger partial charge in [-0.25, -0.2) is 9.59 Å². The molecule has 2 aromatic rings. The molecule has 0 spiro atoms. The van der Waals surface area contributed by atoms with Crippen molar-refractivity contribution >= 4 is 70.9 Å². The second-order valence-electron chi connectivity index (χ2n) is 28.0. The number of aliphatic hydroxyl groups is 1. The number of esters is 1. The number of likely N-dealkylation sites (N-methyl/N-ethyl adjacent to an activating group) is 2. The lowest BCUT2D eigenvalue weighted by atomic mass is 9.89. The Morgan fingerprint density at radius 3 is 1.80 bits per heavy atom. The van der Waals surface area contributed by atoms with Crippen molar-refractivity contribution in [1.82, 2.24) is 46.6 Å². The van der Waals surface area contributed by atoms with E-state index in [4.69, 9.17) is 33.2 Å². The molecular weight excluding hydrogens is 1380 g/mol. The molecule has 30 nitrogen and oxygen atoms in total. The SMILES string of the molecule is CC[C@H](C)[C@@H]([C@@H](CC(=O)N1CCC[C@H]1[C@H](OC)[C@@H](C)C(=O)N[C@H](C)[C@@H](O)c1ccccc1)OC)N(C)C(=O)[C@@H](NC(=O)[C@H](C(C)C)N(C)C(=O)OCc1ccc(NC(=O)[C@H](C)NC(=O)[C@@H](NC(=O)CCOCCOCCOCCOCCNC(=O)CCCCCNC(=O)/C=C\C(=O)OC)C(C)C)cc1)C(C)C. The monoisotopic (exact) mass is 1510 g/mol. The zero-order valence-corrected chi connectivity index (χ0v) is 65.9. The van der Waals surface area contributed by atoms with E-state index in [-0.39, 0.29) is 68.8 Å². The van der Waals surface area contributed by atoms with Crippen molar-refractivity contribution in [3.05, 3.63) is 77.9 Å². The number of ether oxygens (including phenoxy) is 8. The van der Waals surface area contributed by atoms with Gasteiger partial charge in [-0.15, -0.1) is 0 Å². The Morgan fingerprint density at radius 2 is 1.22 bits per heavy atom. The lowest BCUT2D eigenvalue weighted by Gasteiger charge is -2.41. The molecule has 12 atom stereocenters. The normalized spacial score (nSPS) is 16.0. The van der Waals surface area contributed by atoms with Crippen LogP contribution in [0.2, 0.25) is 0 Å². The van der Waals surface area contributed by atoms with E-state index in [2.05, 4.69) is 42.0 Å². The molecule has 0 bridgehead atoms. The third kappa shape index (κ3) is 33.1. The maximum Gasteiger partial charge on any atom is 0.410 e. The number of methoxy groups -OCH3 is 3. The fourth-order valence-corrected chi connectivity index (χ4v) is 12.4. The molecule has 30 heteroatoms. The summed E-state index contributed by atoms with van der Waals surface area (Å²) in [5.41, 5.74) is 1.62. The second kappa shape index (κ2) is 50.5. The van der Waals surface area contributed by atoms with Gasteiger partial charge in [0.1, 0.15) is 30.8 Å². The van der Waals surface area contributed by atoms with Gasteiger partial charge in [-0.05, 0) is 86.5 Å². The Kier molecular flexibility index (Phi) is 43.9. The van der Waals surface area contributed by atoms with Crippen LogP contribution in [-0.4, -0.2) is 247 Å². The molecule has 1 heterocycles. The molecule has 0 aromatic heterocycles.